The van der Waals surface area contributed by atoms with Crippen LogP contribution in [0.3, 0.4) is 0 Å². The second kappa shape index (κ2) is 6.65. The number of hydrogen-bond acceptors (Lipinski definition) is 2. The first kappa shape index (κ1) is 15.4. The summed E-state index contributed by atoms with van der Waals surface area (Å²) in [6.45, 7) is 0. The molecule has 2 rings (SSSR count). The quantitative estimate of drug-likeness (QED) is 0.718. The van der Waals surface area contributed by atoms with Gasteiger partial charge in [0.15, 0.2) is 0 Å². The number of benzene rings is 2. The SMILES string of the molecule is COc1ccc(Cl)cc1C(=O)Nc1ccc(I)cc1Cl. The van der Waals surface area contributed by atoms with Gasteiger partial charge in [-0.2, -0.15) is 0 Å². The molecule has 0 unspecified atom stereocenters. The minimum Gasteiger partial charge on any atom is -0.496 e. The lowest BCUT2D eigenvalue weighted by atomic mass is 10.2. The van der Waals surface area contributed by atoms with E-state index in [1.807, 2.05) is 6.07 Å². The molecule has 0 bridgehead atoms. The molecule has 0 saturated heterocycles. The number of nitrogens with one attached hydrogen (secondary N) is 1. The van der Waals surface area contributed by atoms with Crippen LogP contribution in [0, 0.1) is 3.57 Å². The molecule has 0 fully saturated rings. The first-order valence-corrected chi connectivity index (χ1v) is 7.44. The maximum absolute atomic E-state index is 12.3. The predicted molar refractivity (Wildman–Crippen MR) is 90.1 cm³/mol. The van der Waals surface area contributed by atoms with Crippen molar-refractivity contribution in [3.8, 4) is 5.75 Å². The Morgan fingerprint density at radius 1 is 1.20 bits per heavy atom. The summed E-state index contributed by atoms with van der Waals surface area (Å²) >= 11 is 14.1. The first-order chi connectivity index (χ1) is 9.51. The number of amides is 1. The molecule has 1 amide bonds. The van der Waals surface area contributed by atoms with Crippen LogP contribution in [-0.2, 0) is 0 Å². The smallest absolute Gasteiger partial charge is 0.259 e. The van der Waals surface area contributed by atoms with E-state index < -0.39 is 0 Å². The van der Waals surface area contributed by atoms with E-state index in [1.165, 1.54) is 7.11 Å². The Kier molecular flexibility index (Phi) is 5.12. The van der Waals surface area contributed by atoms with Gasteiger partial charge in [0.2, 0.25) is 0 Å². The van der Waals surface area contributed by atoms with E-state index >= 15 is 0 Å². The molecule has 3 nitrogen and oxygen atoms in total. The van der Waals surface area contributed by atoms with Gasteiger partial charge in [0.05, 0.1) is 23.4 Å². The van der Waals surface area contributed by atoms with Crippen LogP contribution in [0.2, 0.25) is 10.0 Å². The van der Waals surface area contributed by atoms with Crippen molar-refractivity contribution in [1.29, 1.82) is 0 Å². The van der Waals surface area contributed by atoms with Gasteiger partial charge in [-0.3, -0.25) is 4.79 Å². The summed E-state index contributed by atoms with van der Waals surface area (Å²) in [5.41, 5.74) is 0.897. The van der Waals surface area contributed by atoms with Crippen molar-refractivity contribution in [2.75, 3.05) is 12.4 Å². The van der Waals surface area contributed by atoms with Gasteiger partial charge in [0, 0.05) is 8.59 Å². The third-order valence-corrected chi connectivity index (χ3v) is 3.80. The molecular weight excluding hydrogens is 412 g/mol. The van der Waals surface area contributed by atoms with Gasteiger partial charge in [0.25, 0.3) is 5.91 Å². The average Bonchev–Trinajstić information content (AvgIpc) is 2.41. The summed E-state index contributed by atoms with van der Waals surface area (Å²) in [4.78, 5) is 12.3. The maximum Gasteiger partial charge on any atom is 0.259 e. The number of anilines is 1. The highest BCUT2D eigenvalue weighted by atomic mass is 127. The molecule has 20 heavy (non-hydrogen) atoms. The van der Waals surface area contributed by atoms with Crippen molar-refractivity contribution in [3.63, 3.8) is 0 Å². The zero-order valence-corrected chi connectivity index (χ0v) is 14.1. The minimum atomic E-state index is -0.326. The molecule has 0 heterocycles. The van der Waals surface area contributed by atoms with Crippen molar-refractivity contribution >= 4 is 57.4 Å². The van der Waals surface area contributed by atoms with Gasteiger partial charge in [-0.25, -0.2) is 0 Å². The lowest BCUT2D eigenvalue weighted by molar-refractivity contribution is 0.102. The number of carbonyl (C=O) groups is 1. The molecule has 0 aromatic heterocycles. The van der Waals surface area contributed by atoms with Crippen LogP contribution < -0.4 is 10.1 Å². The monoisotopic (exact) mass is 421 g/mol. The van der Waals surface area contributed by atoms with Gasteiger partial charge >= 0.3 is 0 Å². The number of methoxy groups -OCH3 is 1. The van der Waals surface area contributed by atoms with Gasteiger partial charge in [-0.15, -0.1) is 0 Å². The van der Waals surface area contributed by atoms with Crippen molar-refractivity contribution < 1.29 is 9.53 Å². The fraction of sp³-hybridized carbons (Fsp3) is 0.0714. The topological polar surface area (TPSA) is 38.3 Å². The molecule has 0 aliphatic carbocycles. The minimum absolute atomic E-state index is 0.326. The zero-order chi connectivity index (χ0) is 14.7. The summed E-state index contributed by atoms with van der Waals surface area (Å²) in [6, 6.07) is 10.2. The summed E-state index contributed by atoms with van der Waals surface area (Å²) in [5.74, 6) is 0.126. The fourth-order valence-electron chi connectivity index (χ4n) is 1.64. The molecule has 0 spiro atoms. The van der Waals surface area contributed by atoms with Gasteiger partial charge in [-0.05, 0) is 59.0 Å². The highest BCUT2D eigenvalue weighted by molar-refractivity contribution is 14.1. The van der Waals surface area contributed by atoms with Crippen LogP contribution in [0.15, 0.2) is 36.4 Å². The van der Waals surface area contributed by atoms with Crippen LogP contribution in [-0.4, -0.2) is 13.0 Å². The van der Waals surface area contributed by atoms with Crippen molar-refractivity contribution in [3.05, 3.63) is 55.6 Å². The molecule has 0 radical (unpaired) electrons. The normalized spacial score (nSPS) is 10.2. The number of halogens is 3. The van der Waals surface area contributed by atoms with E-state index in [0.717, 1.165) is 3.57 Å². The Labute approximate surface area is 140 Å². The predicted octanol–water partition coefficient (Wildman–Crippen LogP) is 4.86. The average molecular weight is 422 g/mol. The molecule has 104 valence electrons. The second-order valence-electron chi connectivity index (χ2n) is 3.92. The molecule has 6 heteroatoms. The Balaban J connectivity index is 2.30. The lowest BCUT2D eigenvalue weighted by Gasteiger charge is -2.11. The van der Waals surface area contributed by atoms with Crippen LogP contribution in [0.4, 0.5) is 5.69 Å². The summed E-state index contributed by atoms with van der Waals surface area (Å²) in [5, 5.41) is 3.68. The summed E-state index contributed by atoms with van der Waals surface area (Å²) in [7, 11) is 1.50. The van der Waals surface area contributed by atoms with Crippen molar-refractivity contribution in [2.45, 2.75) is 0 Å². The number of hydrogen-bond donors (Lipinski definition) is 1. The molecular formula is C14H10Cl2INO2. The number of carbonyl (C=O) groups excluding carboxylic acids is 1. The van der Waals surface area contributed by atoms with Crippen LogP contribution in [0.1, 0.15) is 10.4 Å². The molecule has 0 aliphatic heterocycles. The van der Waals surface area contributed by atoms with E-state index in [0.29, 0.717) is 27.0 Å². The fourth-order valence-corrected chi connectivity index (χ4v) is 2.71. The molecule has 0 atom stereocenters. The van der Waals surface area contributed by atoms with Crippen molar-refractivity contribution in [2.24, 2.45) is 0 Å². The third-order valence-electron chi connectivity index (χ3n) is 2.59. The van der Waals surface area contributed by atoms with E-state index in [2.05, 4.69) is 27.9 Å². The third kappa shape index (κ3) is 3.56. The van der Waals surface area contributed by atoms with Crippen LogP contribution in [0.5, 0.6) is 5.75 Å². The largest absolute Gasteiger partial charge is 0.496 e. The Bertz CT molecular complexity index is 662. The Morgan fingerprint density at radius 3 is 2.60 bits per heavy atom. The van der Waals surface area contributed by atoms with Crippen LogP contribution in [0.25, 0.3) is 0 Å². The Morgan fingerprint density at radius 2 is 1.95 bits per heavy atom. The Hall–Kier alpha value is -0.980. The van der Waals surface area contributed by atoms with Gasteiger partial charge in [0.1, 0.15) is 5.75 Å². The second-order valence-corrected chi connectivity index (χ2v) is 6.01. The standard InChI is InChI=1S/C14H10Cl2INO2/c1-20-13-5-2-8(15)6-10(13)14(19)18-12-4-3-9(17)7-11(12)16/h2-7H,1H3,(H,18,19). The first-order valence-electron chi connectivity index (χ1n) is 5.61. The van der Waals surface area contributed by atoms with E-state index in [9.17, 15) is 4.79 Å². The number of ether oxygens (including phenoxy) is 1. The molecule has 0 saturated carbocycles. The number of rotatable bonds is 3. The molecule has 2 aromatic rings. The zero-order valence-electron chi connectivity index (χ0n) is 10.4. The summed E-state index contributed by atoms with van der Waals surface area (Å²) in [6.07, 6.45) is 0. The summed E-state index contributed by atoms with van der Waals surface area (Å²) < 4.78 is 6.15. The van der Waals surface area contributed by atoms with E-state index in [4.69, 9.17) is 27.9 Å². The highest BCUT2D eigenvalue weighted by Gasteiger charge is 2.14. The molecule has 1 N–H and O–H groups in total. The van der Waals surface area contributed by atoms with E-state index in [1.54, 1.807) is 30.3 Å². The van der Waals surface area contributed by atoms with Gasteiger partial charge in [-0.1, -0.05) is 23.2 Å². The van der Waals surface area contributed by atoms with Crippen molar-refractivity contribution in [1.82, 2.24) is 0 Å². The highest BCUT2D eigenvalue weighted by Crippen LogP contribution is 2.27. The molecule has 0 aliphatic rings. The van der Waals surface area contributed by atoms with Crippen LogP contribution >= 0.6 is 45.8 Å². The van der Waals surface area contributed by atoms with Gasteiger partial charge < -0.3 is 10.1 Å². The molecule has 2 aromatic carbocycles. The van der Waals surface area contributed by atoms with E-state index in [-0.39, 0.29) is 5.91 Å². The lowest BCUT2D eigenvalue weighted by Crippen LogP contribution is -2.13. The maximum atomic E-state index is 12.3.